The Hall–Kier alpha value is -1.11. The molecule has 0 aromatic carbocycles. The molecule has 1 unspecified atom stereocenters. The lowest BCUT2D eigenvalue weighted by Gasteiger charge is -2.24. The van der Waals surface area contributed by atoms with Crippen molar-refractivity contribution >= 4 is 17.7 Å². The molecule has 1 fully saturated rings. The van der Waals surface area contributed by atoms with Crippen LogP contribution in [0.5, 0.6) is 0 Å². The third-order valence-corrected chi connectivity index (χ3v) is 4.58. The highest BCUT2D eigenvalue weighted by Gasteiger charge is 2.25. The second-order valence-electron chi connectivity index (χ2n) is 6.70. The second-order valence-corrected chi connectivity index (χ2v) is 8.01. The number of hydrogen-bond donors (Lipinski definition) is 1. The van der Waals surface area contributed by atoms with Crippen molar-refractivity contribution in [3.05, 3.63) is 0 Å². The third kappa shape index (κ3) is 4.69. The molecule has 6 nitrogen and oxygen atoms in total. The van der Waals surface area contributed by atoms with Gasteiger partial charge in [-0.3, -0.25) is 4.79 Å². The van der Waals surface area contributed by atoms with Crippen LogP contribution in [0.25, 0.3) is 0 Å². The van der Waals surface area contributed by atoms with Crippen molar-refractivity contribution in [2.24, 2.45) is 0 Å². The van der Waals surface area contributed by atoms with Gasteiger partial charge in [-0.1, -0.05) is 31.0 Å². The van der Waals surface area contributed by atoms with Crippen molar-refractivity contribution < 1.29 is 4.79 Å². The molecule has 118 valence electrons. The molecule has 0 spiro atoms. The molecule has 1 aromatic heterocycles. The Labute approximate surface area is 130 Å². The molecule has 1 atom stereocenters. The molecule has 0 radical (unpaired) electrons. The summed E-state index contributed by atoms with van der Waals surface area (Å²) in [5, 5.41) is 15.6. The van der Waals surface area contributed by atoms with Crippen LogP contribution in [0, 0.1) is 0 Å². The van der Waals surface area contributed by atoms with Crippen molar-refractivity contribution in [3.8, 4) is 0 Å². The van der Waals surface area contributed by atoms with Crippen LogP contribution in [0.3, 0.4) is 0 Å². The first-order valence-electron chi connectivity index (χ1n) is 7.63. The summed E-state index contributed by atoms with van der Waals surface area (Å²) < 4.78 is 1.91. The van der Waals surface area contributed by atoms with Crippen molar-refractivity contribution in [1.29, 1.82) is 0 Å². The highest BCUT2D eigenvalue weighted by atomic mass is 32.2. The Morgan fingerprint density at radius 3 is 2.62 bits per heavy atom. The van der Waals surface area contributed by atoms with Gasteiger partial charge in [0.2, 0.25) is 11.1 Å². The lowest BCUT2D eigenvalue weighted by Crippen LogP contribution is -2.44. The Kier molecular flexibility index (Phi) is 5.24. The number of rotatable bonds is 4. The summed E-state index contributed by atoms with van der Waals surface area (Å²) in [6.07, 6.45) is 6.01. The fraction of sp³-hybridized carbons (Fsp3) is 0.857. The molecule has 1 aromatic rings. The van der Waals surface area contributed by atoms with Gasteiger partial charge >= 0.3 is 0 Å². The molecule has 1 aliphatic rings. The zero-order valence-electron chi connectivity index (χ0n) is 13.3. The van der Waals surface area contributed by atoms with E-state index in [1.54, 1.807) is 0 Å². The average Bonchev–Trinajstić information content (AvgIpc) is 2.86. The van der Waals surface area contributed by atoms with Gasteiger partial charge in [0.25, 0.3) is 0 Å². The van der Waals surface area contributed by atoms with E-state index in [0.717, 1.165) is 18.0 Å². The summed E-state index contributed by atoms with van der Waals surface area (Å²) >= 11 is 1.43. The van der Waals surface area contributed by atoms with Gasteiger partial charge in [0.05, 0.1) is 11.3 Å². The first-order chi connectivity index (χ1) is 9.87. The minimum atomic E-state index is -0.221. The normalized spacial score (nSPS) is 18.5. The Balaban J connectivity index is 1.99. The first kappa shape index (κ1) is 16.3. The molecule has 0 aliphatic heterocycles. The highest BCUT2D eigenvalue weighted by molar-refractivity contribution is 8.00. The highest BCUT2D eigenvalue weighted by Crippen LogP contribution is 2.31. The second kappa shape index (κ2) is 6.77. The molecule has 0 saturated heterocycles. The summed E-state index contributed by atoms with van der Waals surface area (Å²) in [5.74, 6) is 0.0192. The van der Waals surface area contributed by atoms with Gasteiger partial charge in [-0.25, -0.2) is 4.68 Å². The first-order valence-corrected chi connectivity index (χ1v) is 8.51. The number of amides is 1. The number of hydrogen-bond acceptors (Lipinski definition) is 5. The summed E-state index contributed by atoms with van der Waals surface area (Å²) in [5.41, 5.74) is -0.221. The number of aromatic nitrogens is 4. The van der Waals surface area contributed by atoms with Gasteiger partial charge in [-0.15, -0.1) is 5.10 Å². The average molecular weight is 311 g/mol. The van der Waals surface area contributed by atoms with Gasteiger partial charge in [0.1, 0.15) is 0 Å². The van der Waals surface area contributed by atoms with E-state index in [0.29, 0.717) is 6.04 Å². The smallest absolute Gasteiger partial charge is 0.233 e. The van der Waals surface area contributed by atoms with E-state index in [9.17, 15) is 4.79 Å². The lowest BCUT2D eigenvalue weighted by molar-refractivity contribution is -0.121. The summed E-state index contributed by atoms with van der Waals surface area (Å²) in [6, 6.07) is 0.383. The van der Waals surface area contributed by atoms with E-state index in [1.165, 1.54) is 31.0 Å². The molecule has 7 heteroatoms. The Morgan fingerprint density at radius 2 is 2.00 bits per heavy atom. The van der Waals surface area contributed by atoms with Crippen LogP contribution in [-0.2, 0) is 4.79 Å². The van der Waals surface area contributed by atoms with E-state index in [2.05, 4.69) is 20.8 Å². The molecular weight excluding hydrogens is 286 g/mol. The summed E-state index contributed by atoms with van der Waals surface area (Å²) in [6.45, 7) is 7.84. The quantitative estimate of drug-likeness (QED) is 0.865. The third-order valence-electron chi connectivity index (χ3n) is 3.53. The number of nitrogens with one attached hydrogen (secondary N) is 1. The minimum absolute atomic E-state index is 0.0192. The zero-order chi connectivity index (χ0) is 15.5. The molecule has 1 N–H and O–H groups in total. The fourth-order valence-corrected chi connectivity index (χ4v) is 3.36. The molecule has 1 amide bonds. The number of carbonyl (C=O) groups is 1. The maximum Gasteiger partial charge on any atom is 0.233 e. The zero-order valence-corrected chi connectivity index (χ0v) is 14.1. The SMILES string of the molecule is CC(Sc1nnnn1C1CCCCC1)C(=O)NC(C)(C)C. The number of carbonyl (C=O) groups excluding carboxylic acids is 1. The largest absolute Gasteiger partial charge is 0.351 e. The monoisotopic (exact) mass is 311 g/mol. The van der Waals surface area contributed by atoms with Crippen LogP contribution >= 0.6 is 11.8 Å². The van der Waals surface area contributed by atoms with E-state index in [-0.39, 0.29) is 16.7 Å². The molecule has 2 rings (SSSR count). The molecule has 21 heavy (non-hydrogen) atoms. The summed E-state index contributed by atoms with van der Waals surface area (Å²) in [7, 11) is 0. The topological polar surface area (TPSA) is 72.7 Å². The van der Waals surface area contributed by atoms with E-state index >= 15 is 0 Å². The standard InChI is InChI=1S/C14H25N5OS/c1-10(12(20)15-14(2,3)4)21-13-16-17-18-19(13)11-8-6-5-7-9-11/h10-11H,5-9H2,1-4H3,(H,15,20). The van der Waals surface area contributed by atoms with Gasteiger partial charge in [0, 0.05) is 5.54 Å². The van der Waals surface area contributed by atoms with Crippen LogP contribution in [-0.4, -0.2) is 36.9 Å². The molecule has 0 bridgehead atoms. The van der Waals surface area contributed by atoms with Crippen molar-refractivity contribution in [3.63, 3.8) is 0 Å². The van der Waals surface area contributed by atoms with Crippen LogP contribution < -0.4 is 5.32 Å². The maximum atomic E-state index is 12.2. The van der Waals surface area contributed by atoms with Gasteiger partial charge in [0.15, 0.2) is 0 Å². The van der Waals surface area contributed by atoms with Crippen LogP contribution in [0.4, 0.5) is 0 Å². The van der Waals surface area contributed by atoms with E-state index in [4.69, 9.17) is 0 Å². The fourth-order valence-electron chi connectivity index (χ4n) is 2.50. The maximum absolute atomic E-state index is 12.2. The molecule has 1 heterocycles. The van der Waals surface area contributed by atoms with Gasteiger partial charge in [-0.05, 0) is 51.0 Å². The molecule has 1 saturated carbocycles. The Bertz CT molecular complexity index is 476. The van der Waals surface area contributed by atoms with Gasteiger partial charge < -0.3 is 5.32 Å². The number of thioether (sulfide) groups is 1. The van der Waals surface area contributed by atoms with Crippen LogP contribution in [0.2, 0.25) is 0 Å². The number of nitrogens with zero attached hydrogens (tertiary/aromatic N) is 4. The lowest BCUT2D eigenvalue weighted by atomic mass is 9.96. The van der Waals surface area contributed by atoms with Crippen LogP contribution in [0.15, 0.2) is 5.16 Å². The summed E-state index contributed by atoms with van der Waals surface area (Å²) in [4.78, 5) is 12.2. The molecule has 1 aliphatic carbocycles. The predicted octanol–water partition coefficient (Wildman–Crippen LogP) is 2.57. The van der Waals surface area contributed by atoms with Crippen molar-refractivity contribution in [2.75, 3.05) is 0 Å². The predicted molar refractivity (Wildman–Crippen MR) is 83.2 cm³/mol. The number of tetrazole rings is 1. The van der Waals surface area contributed by atoms with Crippen molar-refractivity contribution in [2.45, 2.75) is 81.8 Å². The van der Waals surface area contributed by atoms with E-state index < -0.39 is 0 Å². The van der Waals surface area contributed by atoms with E-state index in [1.807, 2.05) is 32.4 Å². The van der Waals surface area contributed by atoms with Crippen LogP contribution in [0.1, 0.15) is 65.8 Å². The van der Waals surface area contributed by atoms with Crippen molar-refractivity contribution in [1.82, 2.24) is 25.5 Å². The molecular formula is C14H25N5OS. The van der Waals surface area contributed by atoms with Gasteiger partial charge in [-0.2, -0.15) is 0 Å². The Morgan fingerprint density at radius 1 is 1.33 bits per heavy atom. The minimum Gasteiger partial charge on any atom is -0.351 e.